The van der Waals surface area contributed by atoms with Gasteiger partial charge in [0.25, 0.3) is 10.0 Å². The molecule has 4 nitrogen and oxygen atoms in total. The van der Waals surface area contributed by atoms with Crippen molar-refractivity contribution in [3.8, 4) is 0 Å². The molecule has 0 amide bonds. The molecule has 8 heteroatoms. The summed E-state index contributed by atoms with van der Waals surface area (Å²) >= 11 is 6.38. The summed E-state index contributed by atoms with van der Waals surface area (Å²) in [5, 5.41) is 0. The normalized spacial score (nSPS) is 11.4. The second-order valence-electron chi connectivity index (χ2n) is 4.38. The Balaban J connectivity index is 2.48. The summed E-state index contributed by atoms with van der Waals surface area (Å²) in [5.41, 5.74) is 6.87. The lowest BCUT2D eigenvalue weighted by Crippen LogP contribution is -2.15. The number of hydrogen-bond donors (Lipinski definition) is 2. The molecule has 0 saturated heterocycles. The van der Waals surface area contributed by atoms with Crippen LogP contribution in [-0.4, -0.2) is 8.42 Å². The van der Waals surface area contributed by atoms with E-state index in [1.807, 2.05) is 0 Å². The summed E-state index contributed by atoms with van der Waals surface area (Å²) in [4.78, 5) is 0.0282. The van der Waals surface area contributed by atoms with Gasteiger partial charge in [0.1, 0.15) is 10.7 Å². The van der Waals surface area contributed by atoms with Gasteiger partial charge in [0, 0.05) is 14.6 Å². The number of hydrogen-bond acceptors (Lipinski definition) is 3. The highest BCUT2D eigenvalue weighted by Gasteiger charge is 2.22. The molecule has 2 aromatic rings. The van der Waals surface area contributed by atoms with Crippen LogP contribution in [0.2, 0.25) is 0 Å². The van der Waals surface area contributed by atoms with Gasteiger partial charge in [-0.25, -0.2) is 12.8 Å². The van der Waals surface area contributed by atoms with Crippen LogP contribution in [0.3, 0.4) is 0 Å². The number of anilines is 2. The number of benzene rings is 2. The van der Waals surface area contributed by atoms with E-state index in [2.05, 4.69) is 36.6 Å². The van der Waals surface area contributed by atoms with E-state index in [0.717, 1.165) is 0 Å². The number of rotatable bonds is 3. The summed E-state index contributed by atoms with van der Waals surface area (Å²) < 4.78 is 41.1. The highest BCUT2D eigenvalue weighted by atomic mass is 79.9. The molecular weight excluding hydrogens is 427 g/mol. The highest BCUT2D eigenvalue weighted by Crippen LogP contribution is 2.34. The van der Waals surface area contributed by atoms with Crippen LogP contribution in [0, 0.1) is 12.7 Å². The van der Waals surface area contributed by atoms with Crippen molar-refractivity contribution in [1.29, 1.82) is 0 Å². The monoisotopic (exact) mass is 436 g/mol. The third-order valence-corrected chi connectivity index (χ3v) is 5.96. The van der Waals surface area contributed by atoms with Gasteiger partial charge in [-0.3, -0.25) is 4.72 Å². The van der Waals surface area contributed by atoms with Crippen LogP contribution in [0.1, 0.15) is 5.56 Å². The van der Waals surface area contributed by atoms with Crippen LogP contribution in [0.25, 0.3) is 0 Å². The van der Waals surface area contributed by atoms with E-state index >= 15 is 0 Å². The van der Waals surface area contributed by atoms with Crippen molar-refractivity contribution in [2.24, 2.45) is 0 Å². The molecule has 0 aliphatic rings. The highest BCUT2D eigenvalue weighted by molar-refractivity contribution is 9.11. The molecule has 2 aromatic carbocycles. The molecule has 3 N–H and O–H groups in total. The lowest BCUT2D eigenvalue weighted by molar-refractivity contribution is 0.600. The van der Waals surface area contributed by atoms with E-state index in [1.54, 1.807) is 6.92 Å². The molecule has 0 aliphatic heterocycles. The van der Waals surface area contributed by atoms with Crippen LogP contribution in [0.4, 0.5) is 15.8 Å². The average molecular weight is 438 g/mol. The minimum atomic E-state index is -3.85. The first kappa shape index (κ1) is 16.3. The number of nitrogen functional groups attached to an aromatic ring is 1. The summed E-state index contributed by atoms with van der Waals surface area (Å²) in [6, 6.07) is 6.82. The molecule has 0 aliphatic carbocycles. The summed E-state index contributed by atoms with van der Waals surface area (Å²) in [6.45, 7) is 1.62. The van der Waals surface area contributed by atoms with Crippen LogP contribution in [-0.2, 0) is 10.0 Å². The third kappa shape index (κ3) is 3.56. The Kier molecular flexibility index (Phi) is 4.60. The minimum Gasteiger partial charge on any atom is -0.399 e. The van der Waals surface area contributed by atoms with Crippen molar-refractivity contribution in [3.05, 3.63) is 50.7 Å². The first-order chi connectivity index (χ1) is 9.70. The van der Waals surface area contributed by atoms with E-state index in [1.165, 1.54) is 30.3 Å². The van der Waals surface area contributed by atoms with Crippen LogP contribution >= 0.6 is 31.9 Å². The first-order valence-corrected chi connectivity index (χ1v) is 8.81. The maximum atomic E-state index is 13.1. The van der Waals surface area contributed by atoms with E-state index in [4.69, 9.17) is 5.73 Å². The first-order valence-electron chi connectivity index (χ1n) is 5.74. The van der Waals surface area contributed by atoms with Crippen molar-refractivity contribution in [3.63, 3.8) is 0 Å². The van der Waals surface area contributed by atoms with Crippen molar-refractivity contribution < 1.29 is 12.8 Å². The molecule has 112 valence electrons. The van der Waals surface area contributed by atoms with Gasteiger partial charge < -0.3 is 5.73 Å². The molecule has 0 bridgehead atoms. The fraction of sp³-hybridized carbons (Fsp3) is 0.0769. The van der Waals surface area contributed by atoms with Gasteiger partial charge in [-0.05, 0) is 74.7 Å². The number of halogens is 3. The van der Waals surface area contributed by atoms with Gasteiger partial charge in [0.15, 0.2) is 0 Å². The molecule has 2 rings (SSSR count). The summed E-state index contributed by atoms with van der Waals surface area (Å²) in [6.07, 6.45) is 0. The Morgan fingerprint density at radius 2 is 1.71 bits per heavy atom. The quantitative estimate of drug-likeness (QED) is 0.711. The summed E-state index contributed by atoms with van der Waals surface area (Å²) in [7, 11) is -3.85. The topological polar surface area (TPSA) is 72.2 Å². The zero-order chi connectivity index (χ0) is 15.8. The van der Waals surface area contributed by atoms with Crippen LogP contribution in [0.15, 0.2) is 44.2 Å². The Hall–Kier alpha value is -1.12. The molecule has 21 heavy (non-hydrogen) atoms. The largest absolute Gasteiger partial charge is 0.399 e. The molecular formula is C13H11Br2FN2O2S. The summed E-state index contributed by atoms with van der Waals surface area (Å²) in [5.74, 6) is -0.426. The second kappa shape index (κ2) is 5.94. The average Bonchev–Trinajstić information content (AvgIpc) is 2.30. The number of aryl methyl sites for hydroxylation is 1. The van der Waals surface area contributed by atoms with E-state index in [-0.39, 0.29) is 4.90 Å². The molecule has 0 aromatic heterocycles. The Bertz CT molecular complexity index is 787. The van der Waals surface area contributed by atoms with Gasteiger partial charge in [-0.1, -0.05) is 0 Å². The molecule has 0 atom stereocenters. The number of nitrogens with one attached hydrogen (secondary N) is 1. The van der Waals surface area contributed by atoms with Crippen molar-refractivity contribution in [1.82, 2.24) is 0 Å². The molecule has 0 saturated carbocycles. The minimum absolute atomic E-state index is 0.0282. The van der Waals surface area contributed by atoms with E-state index in [0.29, 0.717) is 25.9 Å². The van der Waals surface area contributed by atoms with Gasteiger partial charge in [0.05, 0.1) is 5.69 Å². The fourth-order valence-electron chi connectivity index (χ4n) is 1.77. The lowest BCUT2D eigenvalue weighted by atomic mass is 10.2. The Morgan fingerprint density at radius 1 is 1.14 bits per heavy atom. The van der Waals surface area contributed by atoms with Crippen LogP contribution < -0.4 is 10.5 Å². The zero-order valence-electron chi connectivity index (χ0n) is 10.8. The maximum absolute atomic E-state index is 13.1. The molecule has 0 fully saturated rings. The SMILES string of the molecule is Cc1cc(F)ccc1NS(=O)(=O)c1c(Br)cc(N)cc1Br. The third-order valence-electron chi connectivity index (χ3n) is 2.72. The van der Waals surface area contributed by atoms with Gasteiger partial charge in [-0.2, -0.15) is 0 Å². The van der Waals surface area contributed by atoms with Crippen molar-refractivity contribution in [2.45, 2.75) is 11.8 Å². The van der Waals surface area contributed by atoms with Crippen molar-refractivity contribution >= 4 is 53.3 Å². The van der Waals surface area contributed by atoms with Crippen LogP contribution in [0.5, 0.6) is 0 Å². The smallest absolute Gasteiger partial charge is 0.264 e. The molecule has 0 spiro atoms. The zero-order valence-corrected chi connectivity index (χ0v) is 14.8. The van der Waals surface area contributed by atoms with Gasteiger partial charge in [0.2, 0.25) is 0 Å². The van der Waals surface area contributed by atoms with E-state index < -0.39 is 15.8 Å². The molecule has 0 heterocycles. The molecule has 0 radical (unpaired) electrons. The number of nitrogens with two attached hydrogens (primary N) is 1. The standard InChI is InChI=1S/C13H11Br2FN2O2S/c1-7-4-8(16)2-3-12(7)18-21(19,20)13-10(14)5-9(17)6-11(13)15/h2-6,18H,17H2,1H3. The fourth-order valence-corrected chi connectivity index (χ4v) is 5.53. The van der Waals surface area contributed by atoms with Gasteiger partial charge in [-0.15, -0.1) is 0 Å². The lowest BCUT2D eigenvalue weighted by Gasteiger charge is -2.13. The van der Waals surface area contributed by atoms with Gasteiger partial charge >= 0.3 is 0 Å². The Labute approximate surface area is 138 Å². The molecule has 0 unspecified atom stereocenters. The Morgan fingerprint density at radius 3 is 2.24 bits per heavy atom. The predicted octanol–water partition coefficient (Wildman–Crippen LogP) is 4.04. The second-order valence-corrected chi connectivity index (χ2v) is 7.71. The number of sulfonamides is 1. The van der Waals surface area contributed by atoms with Crippen molar-refractivity contribution in [2.75, 3.05) is 10.5 Å². The predicted molar refractivity (Wildman–Crippen MR) is 88.2 cm³/mol. The maximum Gasteiger partial charge on any atom is 0.264 e. The van der Waals surface area contributed by atoms with E-state index in [9.17, 15) is 12.8 Å².